The summed E-state index contributed by atoms with van der Waals surface area (Å²) in [5.74, 6) is 1.62. The highest BCUT2D eigenvalue weighted by Crippen LogP contribution is 2.22. The summed E-state index contributed by atoms with van der Waals surface area (Å²) in [4.78, 5) is 34.5. The summed E-state index contributed by atoms with van der Waals surface area (Å²) in [6.07, 6.45) is 3.71. The Bertz CT molecular complexity index is 811. The van der Waals surface area contributed by atoms with Gasteiger partial charge in [-0.15, -0.1) is 0 Å². The number of hydrogen-bond donors (Lipinski definition) is 1. The molecular formula is C17H22N6O2. The number of carbonyl (C=O) groups excluding carboxylic acids is 1. The minimum atomic E-state index is -0.350. The second-order valence-corrected chi connectivity index (χ2v) is 6.45. The van der Waals surface area contributed by atoms with Crippen LogP contribution in [0.1, 0.15) is 25.5 Å². The standard InChI is InChI=1S/C17H22N6O2/c1-12-5-7-22(8-6-12)15-9-14(18-11-19-15)20-16(24)10-23-17(25)4-3-13(2)21-23/h3-4,9,11-12H,5-8,10H2,1-2H3,(H,18,19,20,24). The average Bonchev–Trinajstić information content (AvgIpc) is 2.59. The maximum atomic E-state index is 12.2. The Labute approximate surface area is 145 Å². The molecule has 1 saturated heterocycles. The number of aromatic nitrogens is 4. The van der Waals surface area contributed by atoms with Gasteiger partial charge in [-0.1, -0.05) is 6.92 Å². The molecule has 0 aliphatic carbocycles. The molecule has 0 spiro atoms. The molecule has 132 valence electrons. The van der Waals surface area contributed by atoms with Gasteiger partial charge in [0.15, 0.2) is 0 Å². The van der Waals surface area contributed by atoms with Gasteiger partial charge in [-0.05, 0) is 31.7 Å². The van der Waals surface area contributed by atoms with Crippen molar-refractivity contribution in [2.45, 2.75) is 33.2 Å². The molecule has 1 amide bonds. The molecule has 1 aliphatic rings. The number of anilines is 2. The van der Waals surface area contributed by atoms with E-state index in [0.29, 0.717) is 11.5 Å². The predicted octanol–water partition coefficient (Wildman–Crippen LogP) is 1.22. The fourth-order valence-electron chi connectivity index (χ4n) is 2.81. The van der Waals surface area contributed by atoms with Gasteiger partial charge in [0.2, 0.25) is 5.91 Å². The molecule has 25 heavy (non-hydrogen) atoms. The molecule has 1 fully saturated rings. The Morgan fingerprint density at radius 3 is 2.80 bits per heavy atom. The molecule has 8 nitrogen and oxygen atoms in total. The van der Waals surface area contributed by atoms with E-state index in [-0.39, 0.29) is 18.0 Å². The lowest BCUT2D eigenvalue weighted by Gasteiger charge is -2.31. The van der Waals surface area contributed by atoms with Gasteiger partial charge in [0.25, 0.3) is 5.56 Å². The molecule has 0 aromatic carbocycles. The van der Waals surface area contributed by atoms with Crippen molar-refractivity contribution in [3.05, 3.63) is 40.6 Å². The van der Waals surface area contributed by atoms with E-state index in [1.165, 1.54) is 12.4 Å². The zero-order chi connectivity index (χ0) is 17.8. The topological polar surface area (TPSA) is 93.0 Å². The van der Waals surface area contributed by atoms with Crippen molar-refractivity contribution in [2.75, 3.05) is 23.3 Å². The lowest BCUT2D eigenvalue weighted by atomic mass is 9.99. The maximum absolute atomic E-state index is 12.2. The molecular weight excluding hydrogens is 320 g/mol. The second kappa shape index (κ2) is 7.42. The van der Waals surface area contributed by atoms with E-state index in [1.807, 2.05) is 0 Å². The van der Waals surface area contributed by atoms with Crippen LogP contribution in [-0.2, 0) is 11.3 Å². The van der Waals surface area contributed by atoms with Gasteiger partial charge in [0.1, 0.15) is 24.5 Å². The molecule has 3 heterocycles. The quantitative estimate of drug-likeness (QED) is 0.898. The van der Waals surface area contributed by atoms with Crippen molar-refractivity contribution in [1.29, 1.82) is 0 Å². The van der Waals surface area contributed by atoms with Crippen LogP contribution in [-0.4, -0.2) is 38.7 Å². The van der Waals surface area contributed by atoms with Crippen molar-refractivity contribution < 1.29 is 4.79 Å². The molecule has 2 aromatic rings. The van der Waals surface area contributed by atoms with Gasteiger partial charge in [0.05, 0.1) is 5.69 Å². The Hall–Kier alpha value is -2.77. The Morgan fingerprint density at radius 1 is 1.28 bits per heavy atom. The maximum Gasteiger partial charge on any atom is 0.267 e. The van der Waals surface area contributed by atoms with E-state index in [0.717, 1.165) is 42.3 Å². The normalized spacial score (nSPS) is 15.2. The first-order valence-electron chi connectivity index (χ1n) is 8.43. The SMILES string of the molecule is Cc1ccc(=O)n(CC(=O)Nc2cc(N3CCC(C)CC3)ncn2)n1. The molecule has 3 rings (SSSR count). The second-order valence-electron chi connectivity index (χ2n) is 6.45. The van der Waals surface area contributed by atoms with Crippen LogP contribution in [0.25, 0.3) is 0 Å². The number of hydrogen-bond acceptors (Lipinski definition) is 6. The highest BCUT2D eigenvalue weighted by atomic mass is 16.2. The fourth-order valence-corrected chi connectivity index (χ4v) is 2.81. The molecule has 0 unspecified atom stereocenters. The largest absolute Gasteiger partial charge is 0.356 e. The minimum absolute atomic E-state index is 0.152. The average molecular weight is 342 g/mol. The highest BCUT2D eigenvalue weighted by Gasteiger charge is 2.17. The van der Waals surface area contributed by atoms with Crippen LogP contribution in [0.15, 0.2) is 29.3 Å². The van der Waals surface area contributed by atoms with Crippen LogP contribution in [0.4, 0.5) is 11.6 Å². The molecule has 1 aliphatic heterocycles. The van der Waals surface area contributed by atoms with E-state index in [4.69, 9.17) is 0 Å². The number of aryl methyl sites for hydroxylation is 1. The number of rotatable bonds is 4. The van der Waals surface area contributed by atoms with Gasteiger partial charge >= 0.3 is 0 Å². The monoisotopic (exact) mass is 342 g/mol. The van der Waals surface area contributed by atoms with E-state index < -0.39 is 0 Å². The summed E-state index contributed by atoms with van der Waals surface area (Å²) in [6.45, 7) is 5.78. The Balaban J connectivity index is 1.66. The number of nitrogens with one attached hydrogen (secondary N) is 1. The lowest BCUT2D eigenvalue weighted by molar-refractivity contribution is -0.117. The summed E-state index contributed by atoms with van der Waals surface area (Å²) in [6, 6.07) is 4.78. The smallest absolute Gasteiger partial charge is 0.267 e. The van der Waals surface area contributed by atoms with Crippen molar-refractivity contribution >= 4 is 17.5 Å². The van der Waals surface area contributed by atoms with Crippen molar-refractivity contribution in [3.8, 4) is 0 Å². The van der Waals surface area contributed by atoms with Gasteiger partial charge in [-0.25, -0.2) is 14.6 Å². The van der Waals surface area contributed by atoms with Crippen LogP contribution in [0, 0.1) is 12.8 Å². The summed E-state index contributed by atoms with van der Waals surface area (Å²) in [5.41, 5.74) is 0.364. The molecule has 1 N–H and O–H groups in total. The van der Waals surface area contributed by atoms with Crippen LogP contribution in [0.2, 0.25) is 0 Å². The summed E-state index contributed by atoms with van der Waals surface area (Å²) in [7, 11) is 0. The highest BCUT2D eigenvalue weighted by molar-refractivity contribution is 5.89. The van der Waals surface area contributed by atoms with Crippen molar-refractivity contribution in [1.82, 2.24) is 19.7 Å². The predicted molar refractivity (Wildman–Crippen MR) is 94.5 cm³/mol. The summed E-state index contributed by atoms with van der Waals surface area (Å²) in [5, 5.41) is 6.76. The molecule has 8 heteroatoms. The third kappa shape index (κ3) is 4.40. The van der Waals surface area contributed by atoms with Crippen LogP contribution >= 0.6 is 0 Å². The Morgan fingerprint density at radius 2 is 2.04 bits per heavy atom. The zero-order valence-corrected chi connectivity index (χ0v) is 14.5. The van der Waals surface area contributed by atoms with Gasteiger partial charge < -0.3 is 10.2 Å². The molecule has 0 radical (unpaired) electrons. The fraction of sp³-hybridized carbons (Fsp3) is 0.471. The van der Waals surface area contributed by atoms with E-state index in [2.05, 4.69) is 32.2 Å². The van der Waals surface area contributed by atoms with Crippen LogP contribution in [0.3, 0.4) is 0 Å². The number of piperidine rings is 1. The summed E-state index contributed by atoms with van der Waals surface area (Å²) >= 11 is 0. The summed E-state index contributed by atoms with van der Waals surface area (Å²) < 4.78 is 1.14. The number of carbonyl (C=O) groups is 1. The van der Waals surface area contributed by atoms with Crippen LogP contribution < -0.4 is 15.8 Å². The van der Waals surface area contributed by atoms with Gasteiger partial charge in [-0.2, -0.15) is 5.10 Å². The lowest BCUT2D eigenvalue weighted by Crippen LogP contribution is -2.33. The Kier molecular flexibility index (Phi) is 5.06. The molecule has 0 bridgehead atoms. The molecule has 0 atom stereocenters. The first kappa shape index (κ1) is 17.1. The van der Waals surface area contributed by atoms with E-state index in [9.17, 15) is 9.59 Å². The minimum Gasteiger partial charge on any atom is -0.356 e. The number of nitrogens with zero attached hydrogens (tertiary/aromatic N) is 5. The zero-order valence-electron chi connectivity index (χ0n) is 14.5. The third-order valence-electron chi connectivity index (χ3n) is 4.32. The van der Waals surface area contributed by atoms with Crippen LogP contribution in [0.5, 0.6) is 0 Å². The first-order valence-corrected chi connectivity index (χ1v) is 8.43. The molecule has 2 aromatic heterocycles. The van der Waals surface area contributed by atoms with E-state index >= 15 is 0 Å². The third-order valence-corrected chi connectivity index (χ3v) is 4.32. The first-order chi connectivity index (χ1) is 12.0. The van der Waals surface area contributed by atoms with Crippen molar-refractivity contribution in [2.24, 2.45) is 5.92 Å². The molecule has 0 saturated carbocycles. The van der Waals surface area contributed by atoms with E-state index in [1.54, 1.807) is 19.1 Å². The van der Waals surface area contributed by atoms with Gasteiger partial charge in [-0.3, -0.25) is 9.59 Å². The number of amides is 1. The van der Waals surface area contributed by atoms with Gasteiger partial charge in [0, 0.05) is 25.2 Å². The van der Waals surface area contributed by atoms with Crippen molar-refractivity contribution in [3.63, 3.8) is 0 Å².